The molecule has 0 unspecified atom stereocenters. The molecule has 1 saturated carbocycles. The van der Waals surface area contributed by atoms with Crippen molar-refractivity contribution in [2.45, 2.75) is 69.6 Å². The zero-order chi connectivity index (χ0) is 16.2. The second kappa shape index (κ2) is 5.08. The summed E-state index contributed by atoms with van der Waals surface area (Å²) in [6, 6.07) is 7.76. The van der Waals surface area contributed by atoms with Crippen LogP contribution in [-0.4, -0.2) is 34.5 Å². The Labute approximate surface area is 136 Å². The number of amides is 1. The van der Waals surface area contributed by atoms with Gasteiger partial charge in [0.2, 0.25) is 0 Å². The molecule has 0 bridgehead atoms. The predicted octanol–water partition coefficient (Wildman–Crippen LogP) is 3.26. The van der Waals surface area contributed by atoms with Crippen molar-refractivity contribution >= 4 is 11.9 Å². The van der Waals surface area contributed by atoms with Gasteiger partial charge in [0.25, 0.3) is 5.91 Å². The number of esters is 1. The lowest BCUT2D eigenvalue weighted by atomic mass is 9.71. The van der Waals surface area contributed by atoms with E-state index in [1.54, 1.807) is 0 Å². The zero-order valence-electron chi connectivity index (χ0n) is 13.7. The van der Waals surface area contributed by atoms with E-state index >= 15 is 0 Å². The molecule has 1 aromatic rings. The molecule has 2 fully saturated rings. The van der Waals surface area contributed by atoms with Gasteiger partial charge in [-0.15, -0.1) is 0 Å². The maximum Gasteiger partial charge on any atom is 0.316 e. The van der Waals surface area contributed by atoms with Crippen molar-refractivity contribution in [3.8, 4) is 0 Å². The third-order valence-corrected chi connectivity index (χ3v) is 6.12. The van der Waals surface area contributed by atoms with E-state index < -0.39 is 5.54 Å². The van der Waals surface area contributed by atoms with Gasteiger partial charge in [-0.25, -0.2) is 0 Å². The van der Waals surface area contributed by atoms with E-state index in [9.17, 15) is 9.59 Å². The molecule has 3 aliphatic rings. The van der Waals surface area contributed by atoms with E-state index in [1.807, 2.05) is 43.0 Å². The summed E-state index contributed by atoms with van der Waals surface area (Å²) in [6.07, 6.45) is 5.31. The summed E-state index contributed by atoms with van der Waals surface area (Å²) in [6.45, 7) is 3.96. The van der Waals surface area contributed by atoms with Crippen molar-refractivity contribution in [2.75, 3.05) is 0 Å². The second-order valence-electron chi connectivity index (χ2n) is 7.29. The van der Waals surface area contributed by atoms with Crippen LogP contribution in [0.25, 0.3) is 0 Å². The molecule has 2 heterocycles. The highest BCUT2D eigenvalue weighted by Gasteiger charge is 2.62. The number of benzene rings is 1. The number of nitrogens with zero attached hydrogens (tertiary/aromatic N) is 1. The van der Waals surface area contributed by atoms with Crippen LogP contribution in [0, 0.1) is 0 Å². The molecule has 1 saturated heterocycles. The molecule has 23 heavy (non-hydrogen) atoms. The van der Waals surface area contributed by atoms with Gasteiger partial charge >= 0.3 is 5.97 Å². The molecular formula is C19H23NO3. The molecule has 0 N–H and O–H groups in total. The average molecular weight is 313 g/mol. The van der Waals surface area contributed by atoms with Crippen molar-refractivity contribution < 1.29 is 14.3 Å². The highest BCUT2D eigenvalue weighted by atomic mass is 16.6. The third kappa shape index (κ3) is 1.90. The lowest BCUT2D eigenvalue weighted by Gasteiger charge is -2.51. The van der Waals surface area contributed by atoms with Crippen molar-refractivity contribution in [1.29, 1.82) is 0 Å². The summed E-state index contributed by atoms with van der Waals surface area (Å²) in [5, 5.41) is 0. The third-order valence-electron chi connectivity index (χ3n) is 6.12. The lowest BCUT2D eigenvalue weighted by Crippen LogP contribution is -2.63. The molecule has 1 aliphatic carbocycles. The van der Waals surface area contributed by atoms with Crippen LogP contribution in [0.1, 0.15) is 67.8 Å². The number of carbonyl (C=O) groups is 2. The summed E-state index contributed by atoms with van der Waals surface area (Å²) in [7, 11) is 0. The topological polar surface area (TPSA) is 46.6 Å². The summed E-state index contributed by atoms with van der Waals surface area (Å²) in [5.41, 5.74) is 0.929. The fourth-order valence-corrected chi connectivity index (χ4v) is 4.80. The number of ether oxygens (including phenoxy) is 1. The van der Waals surface area contributed by atoms with E-state index in [2.05, 4.69) is 0 Å². The van der Waals surface area contributed by atoms with Crippen LogP contribution in [0.4, 0.5) is 0 Å². The van der Waals surface area contributed by atoms with Gasteiger partial charge < -0.3 is 9.64 Å². The number of cyclic esters (lactones) is 1. The monoisotopic (exact) mass is 313 g/mol. The highest BCUT2D eigenvalue weighted by Crippen LogP contribution is 2.50. The van der Waals surface area contributed by atoms with Crippen LogP contribution in [0.2, 0.25) is 0 Å². The summed E-state index contributed by atoms with van der Waals surface area (Å²) in [4.78, 5) is 27.8. The minimum absolute atomic E-state index is 0.0661. The maximum atomic E-state index is 13.3. The lowest BCUT2D eigenvalue weighted by molar-refractivity contribution is -0.142. The molecule has 3 atom stereocenters. The number of hydrogen-bond acceptors (Lipinski definition) is 3. The fraction of sp³-hybridized carbons (Fsp3) is 0.579. The average Bonchev–Trinajstić information content (AvgIpc) is 2.78. The molecule has 4 heteroatoms. The van der Waals surface area contributed by atoms with E-state index in [-0.39, 0.29) is 29.9 Å². The van der Waals surface area contributed by atoms with Crippen molar-refractivity contribution in [3.63, 3.8) is 0 Å². The van der Waals surface area contributed by atoms with Gasteiger partial charge in [-0.1, -0.05) is 37.5 Å². The molecule has 4 nitrogen and oxygen atoms in total. The molecule has 0 aromatic heterocycles. The standard InChI is InChI=1S/C19H23NO3/c1-12-19(2)16(18(22)23-12)14-10-6-7-11-15(14)17(21)20(19)13-8-4-3-5-9-13/h6-7,10-13,16H,3-5,8-9H2,1-2H3/t12-,16+,19-/m0/s1. The Kier molecular flexibility index (Phi) is 3.26. The smallest absolute Gasteiger partial charge is 0.316 e. The molecular weight excluding hydrogens is 290 g/mol. The zero-order valence-corrected chi connectivity index (χ0v) is 13.7. The summed E-state index contributed by atoms with van der Waals surface area (Å²) >= 11 is 0. The first-order valence-corrected chi connectivity index (χ1v) is 8.68. The van der Waals surface area contributed by atoms with E-state index in [1.165, 1.54) is 6.42 Å². The first-order chi connectivity index (χ1) is 11.0. The van der Waals surface area contributed by atoms with Gasteiger partial charge in [-0.05, 0) is 38.3 Å². The molecule has 0 radical (unpaired) electrons. The van der Waals surface area contributed by atoms with Gasteiger partial charge in [0, 0.05) is 11.6 Å². The van der Waals surface area contributed by atoms with Gasteiger partial charge in [-0.3, -0.25) is 9.59 Å². The van der Waals surface area contributed by atoms with Crippen molar-refractivity contribution in [1.82, 2.24) is 4.90 Å². The predicted molar refractivity (Wildman–Crippen MR) is 86.2 cm³/mol. The molecule has 4 rings (SSSR count). The number of hydrogen-bond donors (Lipinski definition) is 0. The number of carbonyl (C=O) groups excluding carboxylic acids is 2. The van der Waals surface area contributed by atoms with Gasteiger partial charge in [0.1, 0.15) is 12.0 Å². The van der Waals surface area contributed by atoms with Crippen LogP contribution in [0.3, 0.4) is 0 Å². The largest absolute Gasteiger partial charge is 0.460 e. The molecule has 122 valence electrons. The second-order valence-corrected chi connectivity index (χ2v) is 7.29. The van der Waals surface area contributed by atoms with Gasteiger partial charge in [-0.2, -0.15) is 0 Å². The summed E-state index contributed by atoms with van der Waals surface area (Å²) in [5.74, 6) is -0.495. The highest BCUT2D eigenvalue weighted by molar-refractivity contribution is 6.02. The van der Waals surface area contributed by atoms with Crippen molar-refractivity contribution in [3.05, 3.63) is 35.4 Å². The molecule has 0 spiro atoms. The number of fused-ring (bicyclic) bond motifs is 3. The molecule has 1 aromatic carbocycles. The van der Waals surface area contributed by atoms with Gasteiger partial charge in [0.15, 0.2) is 0 Å². The maximum absolute atomic E-state index is 13.3. The SMILES string of the molecule is C[C@@H]1OC(=O)[C@H]2c3ccccc3C(=O)N(C3CCCCC3)[C@@]12C. The first-order valence-electron chi connectivity index (χ1n) is 8.68. The normalized spacial score (nSPS) is 34.1. The Hall–Kier alpha value is -1.84. The molecule has 2 aliphatic heterocycles. The Bertz CT molecular complexity index is 664. The van der Waals surface area contributed by atoms with E-state index in [0.29, 0.717) is 5.56 Å². The van der Waals surface area contributed by atoms with Crippen molar-refractivity contribution in [2.24, 2.45) is 0 Å². The Morgan fingerprint density at radius 3 is 2.57 bits per heavy atom. The first kappa shape index (κ1) is 14.7. The van der Waals surface area contributed by atoms with Crippen LogP contribution in [0.5, 0.6) is 0 Å². The Morgan fingerprint density at radius 1 is 1.13 bits per heavy atom. The van der Waals surface area contributed by atoms with Gasteiger partial charge in [0.05, 0.1) is 5.54 Å². The van der Waals surface area contributed by atoms with E-state index in [4.69, 9.17) is 4.74 Å². The number of rotatable bonds is 1. The minimum Gasteiger partial charge on any atom is -0.460 e. The Balaban J connectivity index is 1.88. The van der Waals surface area contributed by atoms with Crippen LogP contribution in [0.15, 0.2) is 24.3 Å². The molecule has 1 amide bonds. The van der Waals surface area contributed by atoms with E-state index in [0.717, 1.165) is 31.2 Å². The fourth-order valence-electron chi connectivity index (χ4n) is 4.80. The summed E-state index contributed by atoms with van der Waals surface area (Å²) < 4.78 is 5.60. The van der Waals surface area contributed by atoms with Crippen LogP contribution >= 0.6 is 0 Å². The van der Waals surface area contributed by atoms with Crippen LogP contribution < -0.4 is 0 Å². The Morgan fingerprint density at radius 2 is 1.83 bits per heavy atom. The minimum atomic E-state index is -0.579. The quantitative estimate of drug-likeness (QED) is 0.748. The van der Waals surface area contributed by atoms with Crippen LogP contribution in [-0.2, 0) is 9.53 Å².